The summed E-state index contributed by atoms with van der Waals surface area (Å²) in [6.07, 6.45) is 6.84. The van der Waals surface area contributed by atoms with Crippen LogP contribution < -0.4 is 4.90 Å². The summed E-state index contributed by atoms with van der Waals surface area (Å²) >= 11 is 1.70. The van der Waals surface area contributed by atoms with E-state index in [1.54, 1.807) is 17.7 Å². The molecule has 4 heteroatoms. The number of hydrogen-bond acceptors (Lipinski definition) is 4. The zero-order valence-corrected chi connectivity index (χ0v) is 10.9. The molecule has 3 heterocycles. The minimum atomic E-state index is 0.654. The van der Waals surface area contributed by atoms with Crippen LogP contribution in [0.25, 0.3) is 10.2 Å². The molecule has 1 saturated heterocycles. The summed E-state index contributed by atoms with van der Waals surface area (Å²) in [7, 11) is 0. The lowest BCUT2D eigenvalue weighted by Crippen LogP contribution is -2.39. The van der Waals surface area contributed by atoms with E-state index in [0.29, 0.717) is 6.04 Å². The summed E-state index contributed by atoms with van der Waals surface area (Å²) < 4.78 is 0. The van der Waals surface area contributed by atoms with E-state index in [2.05, 4.69) is 33.2 Å². The summed E-state index contributed by atoms with van der Waals surface area (Å²) in [4.78, 5) is 12.4. The first-order valence-electron chi connectivity index (χ1n) is 6.35. The summed E-state index contributed by atoms with van der Waals surface area (Å²) in [5.41, 5.74) is 0. The van der Waals surface area contributed by atoms with Gasteiger partial charge in [-0.2, -0.15) is 0 Å². The maximum atomic E-state index is 4.52. The summed E-state index contributed by atoms with van der Waals surface area (Å²) in [6.45, 7) is 3.41. The van der Waals surface area contributed by atoms with E-state index in [4.69, 9.17) is 0 Å². The molecule has 3 nitrogen and oxygen atoms in total. The molecule has 0 unspecified atom stereocenters. The van der Waals surface area contributed by atoms with E-state index in [1.807, 2.05) is 0 Å². The number of aromatic nitrogens is 2. The fraction of sp³-hybridized carbons (Fsp3) is 0.538. The zero-order chi connectivity index (χ0) is 11.7. The van der Waals surface area contributed by atoms with Crippen LogP contribution in [0.15, 0.2) is 17.8 Å². The van der Waals surface area contributed by atoms with Gasteiger partial charge in [-0.1, -0.05) is 6.92 Å². The lowest BCUT2D eigenvalue weighted by molar-refractivity contribution is 0.448. The molecule has 17 heavy (non-hydrogen) atoms. The molecule has 0 radical (unpaired) electrons. The van der Waals surface area contributed by atoms with E-state index in [9.17, 15) is 0 Å². The fourth-order valence-electron chi connectivity index (χ4n) is 2.71. The molecule has 0 amide bonds. The smallest absolute Gasteiger partial charge is 0.141 e. The van der Waals surface area contributed by atoms with Crippen LogP contribution in [0, 0.1) is 0 Å². The van der Waals surface area contributed by atoms with Crippen LogP contribution in [0.1, 0.15) is 32.6 Å². The van der Waals surface area contributed by atoms with Gasteiger partial charge < -0.3 is 4.90 Å². The quantitative estimate of drug-likeness (QED) is 0.813. The van der Waals surface area contributed by atoms with E-state index in [-0.39, 0.29) is 0 Å². The second-order valence-electron chi connectivity index (χ2n) is 4.59. The van der Waals surface area contributed by atoms with Gasteiger partial charge in [-0.25, -0.2) is 9.97 Å². The predicted molar refractivity (Wildman–Crippen MR) is 72.7 cm³/mol. The Morgan fingerprint density at radius 2 is 2.35 bits per heavy atom. The second-order valence-corrected chi connectivity index (χ2v) is 5.48. The van der Waals surface area contributed by atoms with Crippen molar-refractivity contribution in [2.75, 3.05) is 11.4 Å². The van der Waals surface area contributed by atoms with Crippen molar-refractivity contribution < 1.29 is 0 Å². The molecule has 0 bridgehead atoms. The van der Waals surface area contributed by atoms with E-state index in [0.717, 1.165) is 17.2 Å². The Morgan fingerprint density at radius 1 is 1.41 bits per heavy atom. The van der Waals surface area contributed by atoms with Gasteiger partial charge in [0, 0.05) is 12.6 Å². The standard InChI is InChI=1S/C13H17N3S/c1-2-10-5-3-4-7-16(10)12-11-6-8-17-13(11)15-9-14-12/h6,8-10H,2-5,7H2,1H3/t10-/m1/s1. The Kier molecular flexibility index (Phi) is 2.97. The van der Waals surface area contributed by atoms with Gasteiger partial charge in [0.1, 0.15) is 17.0 Å². The number of piperidine rings is 1. The van der Waals surface area contributed by atoms with Crippen molar-refractivity contribution in [1.82, 2.24) is 9.97 Å². The molecular formula is C13H17N3S. The summed E-state index contributed by atoms with van der Waals surface area (Å²) in [5, 5.41) is 3.33. The molecule has 90 valence electrons. The minimum absolute atomic E-state index is 0.654. The molecule has 3 rings (SSSR count). The van der Waals surface area contributed by atoms with Gasteiger partial charge in [0.25, 0.3) is 0 Å². The molecule has 1 atom stereocenters. The van der Waals surface area contributed by atoms with Gasteiger partial charge in [0.05, 0.1) is 5.39 Å². The van der Waals surface area contributed by atoms with Crippen LogP contribution in [0.5, 0.6) is 0 Å². The summed E-state index contributed by atoms with van der Waals surface area (Å²) in [6, 6.07) is 2.80. The molecule has 0 aliphatic carbocycles. The van der Waals surface area contributed by atoms with Crippen molar-refractivity contribution in [3.8, 4) is 0 Å². The zero-order valence-electron chi connectivity index (χ0n) is 10.1. The second kappa shape index (κ2) is 4.61. The van der Waals surface area contributed by atoms with Crippen molar-refractivity contribution in [3.63, 3.8) is 0 Å². The van der Waals surface area contributed by atoms with Crippen LogP contribution in [-0.2, 0) is 0 Å². The molecule has 1 aliphatic rings. The van der Waals surface area contributed by atoms with Gasteiger partial charge in [-0.3, -0.25) is 0 Å². The highest BCUT2D eigenvalue weighted by Crippen LogP contribution is 2.31. The Morgan fingerprint density at radius 3 is 3.24 bits per heavy atom. The SMILES string of the molecule is CC[C@@H]1CCCCN1c1ncnc2sccc12. The normalized spacial score (nSPS) is 21.0. The summed E-state index contributed by atoms with van der Waals surface area (Å²) in [5.74, 6) is 1.14. The third kappa shape index (κ3) is 1.90. The fourth-order valence-corrected chi connectivity index (χ4v) is 3.44. The Hall–Kier alpha value is -1.16. The first kappa shape index (κ1) is 11.0. The van der Waals surface area contributed by atoms with Crippen molar-refractivity contribution in [2.24, 2.45) is 0 Å². The molecule has 1 aliphatic heterocycles. The van der Waals surface area contributed by atoms with Gasteiger partial charge >= 0.3 is 0 Å². The van der Waals surface area contributed by atoms with E-state index >= 15 is 0 Å². The molecular weight excluding hydrogens is 230 g/mol. The number of hydrogen-bond donors (Lipinski definition) is 0. The first-order chi connectivity index (χ1) is 8.40. The van der Waals surface area contributed by atoms with Gasteiger partial charge in [-0.05, 0) is 37.1 Å². The van der Waals surface area contributed by atoms with Crippen LogP contribution in [0.4, 0.5) is 5.82 Å². The van der Waals surface area contributed by atoms with E-state index in [1.165, 1.54) is 31.1 Å². The van der Waals surface area contributed by atoms with Gasteiger partial charge in [-0.15, -0.1) is 11.3 Å². The van der Waals surface area contributed by atoms with Crippen LogP contribution in [-0.4, -0.2) is 22.6 Å². The van der Waals surface area contributed by atoms with Crippen molar-refractivity contribution in [2.45, 2.75) is 38.6 Å². The van der Waals surface area contributed by atoms with E-state index < -0.39 is 0 Å². The number of thiophene rings is 1. The highest BCUT2D eigenvalue weighted by atomic mass is 32.1. The lowest BCUT2D eigenvalue weighted by Gasteiger charge is -2.36. The maximum absolute atomic E-state index is 4.52. The average Bonchev–Trinajstić information content (AvgIpc) is 2.86. The highest BCUT2D eigenvalue weighted by molar-refractivity contribution is 7.16. The molecule has 0 N–H and O–H groups in total. The molecule has 0 saturated carbocycles. The topological polar surface area (TPSA) is 29.0 Å². The molecule has 0 spiro atoms. The van der Waals surface area contributed by atoms with Gasteiger partial charge in [0.2, 0.25) is 0 Å². The third-order valence-corrected chi connectivity index (χ3v) is 4.43. The Labute approximate surface area is 106 Å². The van der Waals surface area contributed by atoms with Crippen molar-refractivity contribution >= 4 is 27.4 Å². The predicted octanol–water partition coefficient (Wildman–Crippen LogP) is 3.46. The Bertz CT molecular complexity index is 508. The van der Waals surface area contributed by atoms with Crippen LogP contribution >= 0.6 is 11.3 Å². The largest absolute Gasteiger partial charge is 0.353 e. The first-order valence-corrected chi connectivity index (χ1v) is 7.23. The minimum Gasteiger partial charge on any atom is -0.353 e. The Balaban J connectivity index is 2.04. The van der Waals surface area contributed by atoms with Crippen LogP contribution in [0.2, 0.25) is 0 Å². The monoisotopic (exact) mass is 247 g/mol. The lowest BCUT2D eigenvalue weighted by atomic mass is 10.00. The van der Waals surface area contributed by atoms with Crippen LogP contribution in [0.3, 0.4) is 0 Å². The number of anilines is 1. The number of nitrogens with zero attached hydrogens (tertiary/aromatic N) is 3. The van der Waals surface area contributed by atoms with Crippen molar-refractivity contribution in [1.29, 1.82) is 0 Å². The molecule has 2 aromatic heterocycles. The van der Waals surface area contributed by atoms with Crippen molar-refractivity contribution in [3.05, 3.63) is 17.8 Å². The third-order valence-electron chi connectivity index (χ3n) is 3.61. The average molecular weight is 247 g/mol. The number of fused-ring (bicyclic) bond motifs is 1. The van der Waals surface area contributed by atoms with Gasteiger partial charge in [0.15, 0.2) is 0 Å². The maximum Gasteiger partial charge on any atom is 0.141 e. The molecule has 0 aromatic carbocycles. The highest BCUT2D eigenvalue weighted by Gasteiger charge is 2.23. The number of rotatable bonds is 2. The molecule has 1 fully saturated rings. The molecule has 2 aromatic rings.